The van der Waals surface area contributed by atoms with Crippen LogP contribution in [0.15, 0.2) is 65.2 Å². The topological polar surface area (TPSA) is 66.9 Å². The van der Waals surface area contributed by atoms with Crippen LogP contribution < -0.4 is 0 Å². The predicted octanol–water partition coefficient (Wildman–Crippen LogP) is 4.68. The van der Waals surface area contributed by atoms with Gasteiger partial charge >= 0.3 is 6.18 Å². The highest BCUT2D eigenvalue weighted by Gasteiger charge is 2.47. The summed E-state index contributed by atoms with van der Waals surface area (Å²) in [5.74, 6) is -0.404. The molecule has 0 unspecified atom stereocenters. The van der Waals surface area contributed by atoms with Gasteiger partial charge in [0.15, 0.2) is 17.5 Å². The first-order chi connectivity index (χ1) is 13.4. The Kier molecular flexibility index (Phi) is 4.08. The van der Waals surface area contributed by atoms with Crippen LogP contribution in [0.1, 0.15) is 11.4 Å². The lowest BCUT2D eigenvalue weighted by Gasteiger charge is -2.10. The Bertz CT molecular complexity index is 1150. The SMILES string of the molecule is Cc1ccc(N=C2C(C(F)(F)F)=C(C#N)c3nc(-c4ccccc4)nn32)cc1. The monoisotopic (exact) mass is 379 g/mol. The zero-order valence-electron chi connectivity index (χ0n) is 14.6. The molecule has 0 aliphatic carbocycles. The van der Waals surface area contributed by atoms with E-state index in [1.54, 1.807) is 60.7 Å². The minimum atomic E-state index is -4.77. The Morgan fingerprint density at radius 2 is 1.71 bits per heavy atom. The summed E-state index contributed by atoms with van der Waals surface area (Å²) >= 11 is 0. The standard InChI is InChI=1S/C20H12F3N5/c1-12-7-9-14(10-8-12)25-19-16(20(21,22)23)15(11-24)18-26-17(27-28(18)19)13-5-3-2-4-6-13/h2-10H,1H3. The maximum Gasteiger partial charge on any atom is 0.421 e. The Morgan fingerprint density at radius 1 is 1.04 bits per heavy atom. The van der Waals surface area contributed by atoms with Crippen LogP contribution in [0.25, 0.3) is 17.0 Å². The van der Waals surface area contributed by atoms with E-state index in [0.717, 1.165) is 10.2 Å². The van der Waals surface area contributed by atoms with Crippen LogP contribution in [-0.4, -0.2) is 26.8 Å². The van der Waals surface area contributed by atoms with Crippen LogP contribution in [0.5, 0.6) is 0 Å². The fraction of sp³-hybridized carbons (Fsp3) is 0.100. The van der Waals surface area contributed by atoms with Crippen molar-refractivity contribution in [3.63, 3.8) is 0 Å². The van der Waals surface area contributed by atoms with E-state index < -0.39 is 23.2 Å². The highest BCUT2D eigenvalue weighted by Crippen LogP contribution is 2.39. The number of nitrogens with zero attached hydrogens (tertiary/aromatic N) is 5. The van der Waals surface area contributed by atoms with Crippen molar-refractivity contribution in [2.24, 2.45) is 4.99 Å². The molecule has 0 radical (unpaired) electrons. The Balaban J connectivity index is 1.94. The fourth-order valence-corrected chi connectivity index (χ4v) is 2.88. The highest BCUT2D eigenvalue weighted by molar-refractivity contribution is 6.14. The first kappa shape index (κ1) is 17.7. The van der Waals surface area contributed by atoms with Crippen LogP contribution in [0.3, 0.4) is 0 Å². The van der Waals surface area contributed by atoms with Gasteiger partial charge in [0.05, 0.1) is 5.69 Å². The molecule has 28 heavy (non-hydrogen) atoms. The fourth-order valence-electron chi connectivity index (χ4n) is 2.88. The van der Waals surface area contributed by atoms with Gasteiger partial charge in [0.1, 0.15) is 17.2 Å². The number of fused-ring (bicyclic) bond motifs is 1. The maximum absolute atomic E-state index is 13.7. The van der Waals surface area contributed by atoms with Crippen molar-refractivity contribution in [3.8, 4) is 17.5 Å². The zero-order valence-corrected chi connectivity index (χ0v) is 14.6. The molecule has 0 saturated heterocycles. The Labute approximate surface area is 158 Å². The smallest absolute Gasteiger partial charge is 0.229 e. The quantitative estimate of drug-likeness (QED) is 0.649. The van der Waals surface area contributed by atoms with Crippen molar-refractivity contribution in [2.75, 3.05) is 0 Å². The molecule has 0 fully saturated rings. The summed E-state index contributed by atoms with van der Waals surface area (Å²) in [4.78, 5) is 8.32. The van der Waals surface area contributed by atoms with E-state index in [4.69, 9.17) is 0 Å². The van der Waals surface area contributed by atoms with Gasteiger partial charge in [-0.15, -0.1) is 5.10 Å². The number of hydrogen-bond acceptors (Lipinski definition) is 4. The molecule has 0 spiro atoms. The van der Waals surface area contributed by atoms with Crippen LogP contribution in [0, 0.1) is 18.3 Å². The summed E-state index contributed by atoms with van der Waals surface area (Å²) in [6.07, 6.45) is -4.77. The number of rotatable bonds is 2. The summed E-state index contributed by atoms with van der Waals surface area (Å²) in [7, 11) is 0. The van der Waals surface area contributed by atoms with E-state index >= 15 is 0 Å². The van der Waals surface area contributed by atoms with E-state index in [-0.39, 0.29) is 11.6 Å². The second-order valence-corrected chi connectivity index (χ2v) is 6.17. The van der Waals surface area contributed by atoms with Crippen LogP contribution >= 0.6 is 0 Å². The van der Waals surface area contributed by atoms with Crippen LogP contribution in [-0.2, 0) is 0 Å². The number of benzene rings is 2. The summed E-state index contributed by atoms with van der Waals surface area (Å²) in [5.41, 5.74) is 0.180. The van der Waals surface area contributed by atoms with Crippen molar-refractivity contribution in [3.05, 3.63) is 71.6 Å². The van der Waals surface area contributed by atoms with Crippen LogP contribution in [0.4, 0.5) is 18.9 Å². The molecule has 0 amide bonds. The van der Waals surface area contributed by atoms with Crippen molar-refractivity contribution in [2.45, 2.75) is 13.1 Å². The molecule has 0 saturated carbocycles. The van der Waals surface area contributed by atoms with Gasteiger partial charge in [0.2, 0.25) is 0 Å². The van der Waals surface area contributed by atoms with Gasteiger partial charge in [-0.2, -0.15) is 23.1 Å². The average Bonchev–Trinajstić information content (AvgIpc) is 3.22. The van der Waals surface area contributed by atoms with E-state index in [1.165, 1.54) is 0 Å². The molecule has 2 aromatic carbocycles. The molecular weight excluding hydrogens is 367 g/mol. The number of nitriles is 1. The molecule has 2 heterocycles. The minimum absolute atomic E-state index is 0.167. The predicted molar refractivity (Wildman–Crippen MR) is 97.7 cm³/mol. The molecular formula is C20H12F3N5. The summed E-state index contributed by atoms with van der Waals surface area (Å²) < 4.78 is 42.2. The third kappa shape index (κ3) is 2.97. The van der Waals surface area contributed by atoms with Crippen molar-refractivity contribution >= 4 is 17.1 Å². The second kappa shape index (κ2) is 6.46. The van der Waals surface area contributed by atoms with Crippen molar-refractivity contribution in [1.82, 2.24) is 14.8 Å². The first-order valence-electron chi connectivity index (χ1n) is 8.29. The zero-order chi connectivity index (χ0) is 19.9. The number of allylic oxidation sites excluding steroid dienone is 2. The van der Waals surface area contributed by atoms with Crippen LogP contribution in [0.2, 0.25) is 0 Å². The molecule has 4 rings (SSSR count). The van der Waals surface area contributed by atoms with Gasteiger partial charge in [-0.1, -0.05) is 48.0 Å². The van der Waals surface area contributed by atoms with Gasteiger partial charge < -0.3 is 0 Å². The number of halogens is 3. The molecule has 8 heteroatoms. The summed E-state index contributed by atoms with van der Waals surface area (Å²) in [5, 5.41) is 13.6. The lowest BCUT2D eigenvalue weighted by atomic mass is 10.1. The molecule has 0 bridgehead atoms. The maximum atomic E-state index is 13.7. The number of alkyl halides is 3. The van der Waals surface area contributed by atoms with E-state index in [0.29, 0.717) is 11.3 Å². The molecule has 0 atom stereocenters. The van der Waals surface area contributed by atoms with Gasteiger partial charge in [-0.25, -0.2) is 9.98 Å². The minimum Gasteiger partial charge on any atom is -0.229 e. The molecule has 5 nitrogen and oxygen atoms in total. The number of aryl methyl sites for hydroxylation is 1. The van der Waals surface area contributed by atoms with Gasteiger partial charge in [-0.3, -0.25) is 0 Å². The average molecular weight is 379 g/mol. The lowest BCUT2D eigenvalue weighted by Crippen LogP contribution is -2.23. The molecule has 0 N–H and O–H groups in total. The van der Waals surface area contributed by atoms with E-state index in [1.807, 2.05) is 6.92 Å². The lowest BCUT2D eigenvalue weighted by molar-refractivity contribution is -0.0854. The molecule has 1 aromatic heterocycles. The molecule has 1 aliphatic rings. The van der Waals surface area contributed by atoms with Crippen molar-refractivity contribution < 1.29 is 13.2 Å². The summed E-state index contributed by atoms with van der Waals surface area (Å²) in [6, 6.07) is 17.1. The third-order valence-electron chi connectivity index (χ3n) is 4.20. The van der Waals surface area contributed by atoms with Crippen molar-refractivity contribution in [1.29, 1.82) is 5.26 Å². The molecule has 138 valence electrons. The number of aromatic nitrogens is 3. The Morgan fingerprint density at radius 3 is 2.32 bits per heavy atom. The van der Waals surface area contributed by atoms with E-state index in [2.05, 4.69) is 15.1 Å². The van der Waals surface area contributed by atoms with Gasteiger partial charge in [-0.05, 0) is 19.1 Å². The molecule has 1 aliphatic heterocycles. The van der Waals surface area contributed by atoms with Gasteiger partial charge in [0.25, 0.3) is 0 Å². The first-order valence-corrected chi connectivity index (χ1v) is 8.29. The normalized spacial score (nSPS) is 15.0. The Hall–Kier alpha value is -3.73. The number of hydrogen-bond donors (Lipinski definition) is 0. The summed E-state index contributed by atoms with van der Waals surface area (Å²) in [6.45, 7) is 1.86. The highest BCUT2D eigenvalue weighted by atomic mass is 19.4. The molecule has 3 aromatic rings. The van der Waals surface area contributed by atoms with E-state index in [9.17, 15) is 18.4 Å². The third-order valence-corrected chi connectivity index (χ3v) is 4.20. The number of aliphatic imine (C=N–C) groups is 1. The second-order valence-electron chi connectivity index (χ2n) is 6.17. The van der Waals surface area contributed by atoms with Gasteiger partial charge in [0, 0.05) is 5.56 Å². The largest absolute Gasteiger partial charge is 0.421 e.